The summed E-state index contributed by atoms with van der Waals surface area (Å²) in [6.45, 7) is 2.46. The van der Waals surface area contributed by atoms with Crippen LogP contribution in [0.15, 0.2) is 24.3 Å². The molecular weight excluding hydrogens is 276 g/mol. The molecule has 2 atom stereocenters. The van der Waals surface area contributed by atoms with Crippen molar-refractivity contribution < 1.29 is 14.3 Å². The molecule has 1 fully saturated rings. The van der Waals surface area contributed by atoms with Crippen molar-refractivity contribution in [2.75, 3.05) is 7.11 Å². The molecule has 108 valence electrons. The minimum atomic E-state index is -0.346. The van der Waals surface area contributed by atoms with Crippen molar-refractivity contribution in [3.8, 4) is 5.75 Å². The van der Waals surface area contributed by atoms with Crippen LogP contribution in [0.4, 0.5) is 0 Å². The molecule has 0 aliphatic carbocycles. The summed E-state index contributed by atoms with van der Waals surface area (Å²) in [4.78, 5) is 11.5. The highest BCUT2D eigenvalue weighted by atomic mass is 32.1. The van der Waals surface area contributed by atoms with Gasteiger partial charge >= 0.3 is 5.97 Å². The summed E-state index contributed by atoms with van der Waals surface area (Å²) in [5, 5.41) is 6.50. The molecule has 1 aromatic rings. The summed E-state index contributed by atoms with van der Waals surface area (Å²) in [7, 11) is 1.63. The fraction of sp³-hybridized carbons (Fsp3) is 0.429. The molecule has 6 heteroatoms. The Balaban J connectivity index is 1.78. The largest absolute Gasteiger partial charge is 0.497 e. The van der Waals surface area contributed by atoms with Crippen molar-refractivity contribution in [3.05, 3.63) is 29.8 Å². The molecule has 0 radical (unpaired) electrons. The second kappa shape index (κ2) is 6.56. The predicted octanol–water partition coefficient (Wildman–Crippen LogP) is 1.36. The third-order valence-electron chi connectivity index (χ3n) is 3.09. The van der Waals surface area contributed by atoms with Crippen molar-refractivity contribution in [1.29, 1.82) is 0 Å². The summed E-state index contributed by atoms with van der Waals surface area (Å²) in [5.74, 6) is 0.572. The smallest absolute Gasteiger partial charge is 0.329 e. The lowest BCUT2D eigenvalue weighted by Gasteiger charge is -2.13. The number of carbonyl (C=O) groups excluding carboxylic acids is 1. The van der Waals surface area contributed by atoms with Gasteiger partial charge in [-0.05, 0) is 36.8 Å². The first-order chi connectivity index (χ1) is 9.58. The van der Waals surface area contributed by atoms with Gasteiger partial charge in [0.2, 0.25) is 0 Å². The molecule has 0 saturated carbocycles. The number of hydrogen-bond acceptors (Lipinski definition) is 4. The summed E-state index contributed by atoms with van der Waals surface area (Å²) in [6, 6.07) is 7.36. The number of ether oxygens (including phenoxy) is 2. The van der Waals surface area contributed by atoms with Gasteiger partial charge in [0.1, 0.15) is 17.9 Å². The Kier molecular flexibility index (Phi) is 4.79. The fourth-order valence-corrected chi connectivity index (χ4v) is 2.22. The van der Waals surface area contributed by atoms with E-state index in [1.807, 2.05) is 31.2 Å². The predicted molar refractivity (Wildman–Crippen MR) is 79.5 cm³/mol. The molecule has 5 nitrogen and oxygen atoms in total. The highest BCUT2D eigenvalue weighted by molar-refractivity contribution is 7.80. The van der Waals surface area contributed by atoms with Gasteiger partial charge < -0.3 is 20.1 Å². The molecule has 2 N–H and O–H groups in total. The number of esters is 1. The quantitative estimate of drug-likeness (QED) is 0.646. The molecule has 1 heterocycles. The normalized spacial score (nSPS) is 21.2. The van der Waals surface area contributed by atoms with Crippen LogP contribution in [0, 0.1) is 0 Å². The first kappa shape index (κ1) is 14.6. The fourth-order valence-electron chi connectivity index (χ4n) is 2.01. The standard InChI is InChI=1S/C14H18N2O3S/c1-9-7-12(13(17)19-9)16-14(20)15-8-10-3-5-11(18-2)6-4-10/h3-6,9,12H,7-8H2,1-2H3,(H2,15,16,20)/t9-,12-/m0/s1. The van der Waals surface area contributed by atoms with E-state index in [4.69, 9.17) is 21.7 Å². The molecule has 0 aromatic heterocycles. The number of rotatable bonds is 4. The Labute approximate surface area is 123 Å². The minimum absolute atomic E-state index is 0.0515. The number of hydrogen-bond donors (Lipinski definition) is 2. The van der Waals surface area contributed by atoms with E-state index in [0.717, 1.165) is 11.3 Å². The average Bonchev–Trinajstić information content (AvgIpc) is 2.75. The van der Waals surface area contributed by atoms with Crippen molar-refractivity contribution in [3.63, 3.8) is 0 Å². The van der Waals surface area contributed by atoms with Crippen molar-refractivity contribution in [2.24, 2.45) is 0 Å². The molecule has 1 saturated heterocycles. The van der Waals surface area contributed by atoms with Gasteiger partial charge in [0.15, 0.2) is 5.11 Å². The Morgan fingerprint density at radius 1 is 1.45 bits per heavy atom. The van der Waals surface area contributed by atoms with Crippen LogP contribution in [0.5, 0.6) is 5.75 Å². The van der Waals surface area contributed by atoms with Gasteiger partial charge in [0, 0.05) is 13.0 Å². The Morgan fingerprint density at radius 3 is 2.70 bits per heavy atom. The lowest BCUT2D eigenvalue weighted by atomic mass is 10.2. The summed E-state index contributed by atoms with van der Waals surface area (Å²) in [5.41, 5.74) is 1.08. The van der Waals surface area contributed by atoms with Crippen LogP contribution < -0.4 is 15.4 Å². The van der Waals surface area contributed by atoms with Crippen molar-refractivity contribution in [1.82, 2.24) is 10.6 Å². The monoisotopic (exact) mass is 294 g/mol. The van der Waals surface area contributed by atoms with Crippen LogP contribution in [-0.4, -0.2) is 30.3 Å². The zero-order valence-corrected chi connectivity index (χ0v) is 12.3. The molecule has 0 spiro atoms. The molecule has 0 bridgehead atoms. The van der Waals surface area contributed by atoms with Gasteiger partial charge in [-0.15, -0.1) is 0 Å². The number of nitrogens with one attached hydrogen (secondary N) is 2. The minimum Gasteiger partial charge on any atom is -0.497 e. The van der Waals surface area contributed by atoms with E-state index in [1.165, 1.54) is 0 Å². The van der Waals surface area contributed by atoms with E-state index in [2.05, 4.69) is 10.6 Å². The maximum absolute atomic E-state index is 11.5. The van der Waals surface area contributed by atoms with Crippen LogP contribution in [0.2, 0.25) is 0 Å². The van der Waals surface area contributed by atoms with E-state index in [-0.39, 0.29) is 18.1 Å². The van der Waals surface area contributed by atoms with E-state index in [1.54, 1.807) is 7.11 Å². The van der Waals surface area contributed by atoms with Crippen LogP contribution in [0.25, 0.3) is 0 Å². The molecule has 0 amide bonds. The second-order valence-electron chi connectivity index (χ2n) is 4.71. The first-order valence-corrected chi connectivity index (χ1v) is 6.87. The third-order valence-corrected chi connectivity index (χ3v) is 3.35. The van der Waals surface area contributed by atoms with E-state index >= 15 is 0 Å². The maximum atomic E-state index is 11.5. The van der Waals surface area contributed by atoms with Crippen LogP contribution >= 0.6 is 12.2 Å². The maximum Gasteiger partial charge on any atom is 0.329 e. The highest BCUT2D eigenvalue weighted by Gasteiger charge is 2.32. The number of thiocarbonyl (C=S) groups is 1. The van der Waals surface area contributed by atoms with Crippen LogP contribution in [-0.2, 0) is 16.1 Å². The lowest BCUT2D eigenvalue weighted by molar-refractivity contribution is -0.142. The average molecular weight is 294 g/mol. The number of benzene rings is 1. The van der Waals surface area contributed by atoms with Gasteiger partial charge in [-0.2, -0.15) is 0 Å². The van der Waals surface area contributed by atoms with Crippen molar-refractivity contribution in [2.45, 2.75) is 32.0 Å². The number of cyclic esters (lactones) is 1. The van der Waals surface area contributed by atoms with Gasteiger partial charge in [-0.25, -0.2) is 4.79 Å². The lowest BCUT2D eigenvalue weighted by Crippen LogP contribution is -2.43. The SMILES string of the molecule is COc1ccc(CNC(=S)N[C@H]2C[C@H](C)OC2=O)cc1. The summed E-state index contributed by atoms with van der Waals surface area (Å²) < 4.78 is 10.2. The van der Waals surface area contributed by atoms with E-state index in [0.29, 0.717) is 18.1 Å². The second-order valence-corrected chi connectivity index (χ2v) is 5.12. The third kappa shape index (κ3) is 3.84. The van der Waals surface area contributed by atoms with Gasteiger partial charge in [0.05, 0.1) is 7.11 Å². The van der Waals surface area contributed by atoms with E-state index in [9.17, 15) is 4.79 Å². The zero-order chi connectivity index (χ0) is 14.5. The molecule has 1 aromatic carbocycles. The molecule has 1 aliphatic heterocycles. The topological polar surface area (TPSA) is 59.6 Å². The molecular formula is C14H18N2O3S. The van der Waals surface area contributed by atoms with Crippen LogP contribution in [0.1, 0.15) is 18.9 Å². The zero-order valence-electron chi connectivity index (χ0n) is 11.5. The van der Waals surface area contributed by atoms with Crippen molar-refractivity contribution >= 4 is 23.3 Å². The molecule has 2 rings (SSSR count). The van der Waals surface area contributed by atoms with Gasteiger partial charge in [-0.3, -0.25) is 0 Å². The number of carbonyl (C=O) groups is 1. The molecule has 1 aliphatic rings. The van der Waals surface area contributed by atoms with E-state index < -0.39 is 0 Å². The van der Waals surface area contributed by atoms with Gasteiger partial charge in [-0.1, -0.05) is 12.1 Å². The summed E-state index contributed by atoms with van der Waals surface area (Å²) in [6.07, 6.45) is 0.591. The molecule has 20 heavy (non-hydrogen) atoms. The molecule has 0 unspecified atom stereocenters. The Bertz CT molecular complexity index is 490. The first-order valence-electron chi connectivity index (χ1n) is 6.46. The Morgan fingerprint density at radius 2 is 2.15 bits per heavy atom. The summed E-state index contributed by atoms with van der Waals surface area (Å²) >= 11 is 5.18. The van der Waals surface area contributed by atoms with Crippen LogP contribution in [0.3, 0.4) is 0 Å². The van der Waals surface area contributed by atoms with Gasteiger partial charge in [0.25, 0.3) is 0 Å². The highest BCUT2D eigenvalue weighted by Crippen LogP contribution is 2.14. The number of methoxy groups -OCH3 is 1. The Hall–Kier alpha value is -1.82.